The zero-order valence-corrected chi connectivity index (χ0v) is 24.2. The molecule has 198 valence electrons. The lowest BCUT2D eigenvalue weighted by molar-refractivity contribution is -0.164. The maximum atomic E-state index is 11.7. The topological polar surface area (TPSA) is 26.3 Å². The largest absolute Gasteiger partial charge is 0.462 e. The predicted octanol–water partition coefficient (Wildman–Crippen LogP) is 8.84. The van der Waals surface area contributed by atoms with Crippen molar-refractivity contribution in [3.8, 4) is 0 Å². The maximum absolute atomic E-state index is 11.7. The predicted molar refractivity (Wildman–Crippen MR) is 145 cm³/mol. The van der Waals surface area contributed by atoms with E-state index in [1.165, 1.54) is 57.8 Å². The molecule has 0 aromatic carbocycles. The van der Waals surface area contributed by atoms with Crippen LogP contribution in [0.2, 0.25) is 0 Å². The molecule has 0 aromatic rings. The van der Waals surface area contributed by atoms with E-state index < -0.39 is 0 Å². The first-order valence-corrected chi connectivity index (χ1v) is 15.3. The zero-order chi connectivity index (χ0) is 25.4. The van der Waals surface area contributed by atoms with Crippen LogP contribution in [0.3, 0.4) is 0 Å². The summed E-state index contributed by atoms with van der Waals surface area (Å²) in [7, 11) is 0. The van der Waals surface area contributed by atoms with Crippen molar-refractivity contribution >= 4 is 5.97 Å². The SMILES string of the molecule is CC[C@@H](/C=C/[C@H](C)[C@H]1CC[C@@]2(C)[C@@H]3CC[C@H]4[C@H](C)[C@@H](OC(C)=O)CC[C@@]45C[C@@]35CC[C@]12C)C(C)C. The highest BCUT2D eigenvalue weighted by molar-refractivity contribution is 5.66. The third-order valence-corrected chi connectivity index (χ3v) is 13.6. The highest BCUT2D eigenvalue weighted by atomic mass is 16.5. The standard InChI is InChI=1S/C33H54O2/c1-9-25(21(2)3)11-10-22(4)26-14-16-31(8)29-13-12-27-23(5)28(35-24(6)34)15-17-32(27)20-33(29,32)19-18-30(26,31)7/h10-11,21-23,25-29H,9,12-20H2,1-8H3/b11-10+/t22-,23-,25-,26+,27-,28-,29-,30+,31-,32+,33-/m0/s1. The summed E-state index contributed by atoms with van der Waals surface area (Å²) in [6, 6.07) is 0. The summed E-state index contributed by atoms with van der Waals surface area (Å²) in [6.45, 7) is 19.1. The Morgan fingerprint density at radius 3 is 2.34 bits per heavy atom. The molecule has 0 heterocycles. The molecule has 0 saturated heterocycles. The van der Waals surface area contributed by atoms with Crippen LogP contribution < -0.4 is 0 Å². The van der Waals surface area contributed by atoms with Gasteiger partial charge >= 0.3 is 5.97 Å². The highest BCUT2D eigenvalue weighted by Gasteiger charge is 2.81. The third kappa shape index (κ3) is 3.49. The minimum atomic E-state index is -0.0863. The second-order valence-corrected chi connectivity index (χ2v) is 14.8. The van der Waals surface area contributed by atoms with Crippen LogP contribution in [0.1, 0.15) is 120 Å². The Labute approximate surface area is 216 Å². The molecule has 0 unspecified atom stereocenters. The van der Waals surface area contributed by atoms with Gasteiger partial charge in [0, 0.05) is 6.92 Å². The summed E-state index contributed by atoms with van der Waals surface area (Å²) in [5.74, 6) is 5.10. The fraction of sp³-hybridized carbons (Fsp3) is 0.909. The van der Waals surface area contributed by atoms with Gasteiger partial charge in [0.1, 0.15) is 6.10 Å². The highest BCUT2D eigenvalue weighted by Crippen LogP contribution is 2.88. The van der Waals surface area contributed by atoms with Gasteiger partial charge in [0.05, 0.1) is 0 Å². The van der Waals surface area contributed by atoms with Crippen LogP contribution in [0.4, 0.5) is 0 Å². The number of carbonyl (C=O) groups excluding carboxylic acids is 1. The van der Waals surface area contributed by atoms with E-state index in [9.17, 15) is 4.79 Å². The number of rotatable bonds is 6. The third-order valence-electron chi connectivity index (χ3n) is 13.6. The van der Waals surface area contributed by atoms with Gasteiger partial charge in [-0.3, -0.25) is 4.79 Å². The number of carbonyl (C=O) groups is 1. The normalized spacial score (nSPS) is 50.1. The zero-order valence-electron chi connectivity index (χ0n) is 24.2. The monoisotopic (exact) mass is 482 g/mol. The molecule has 0 radical (unpaired) electrons. The molecule has 35 heavy (non-hydrogen) atoms. The Hall–Kier alpha value is -0.790. The molecule has 11 atom stereocenters. The number of esters is 1. The van der Waals surface area contributed by atoms with Gasteiger partial charge in [-0.05, 0) is 127 Å². The molecule has 5 aliphatic carbocycles. The first kappa shape index (κ1) is 25.8. The van der Waals surface area contributed by atoms with Crippen molar-refractivity contribution in [2.24, 2.45) is 63.1 Å². The Morgan fingerprint density at radius 2 is 1.69 bits per heavy atom. The second-order valence-electron chi connectivity index (χ2n) is 14.8. The number of fused-ring (bicyclic) bond motifs is 2. The van der Waals surface area contributed by atoms with E-state index in [0.717, 1.165) is 36.0 Å². The van der Waals surface area contributed by atoms with Crippen molar-refractivity contribution in [2.75, 3.05) is 0 Å². The van der Waals surface area contributed by atoms with Gasteiger partial charge in [-0.15, -0.1) is 0 Å². The van der Waals surface area contributed by atoms with Crippen molar-refractivity contribution < 1.29 is 9.53 Å². The van der Waals surface area contributed by atoms with Crippen molar-refractivity contribution in [1.29, 1.82) is 0 Å². The summed E-state index contributed by atoms with van der Waals surface area (Å²) in [5, 5.41) is 0. The quantitative estimate of drug-likeness (QED) is 0.279. The van der Waals surface area contributed by atoms with Crippen LogP contribution in [0.15, 0.2) is 12.2 Å². The van der Waals surface area contributed by atoms with E-state index >= 15 is 0 Å². The van der Waals surface area contributed by atoms with E-state index in [2.05, 4.69) is 60.6 Å². The van der Waals surface area contributed by atoms with Gasteiger partial charge in [-0.1, -0.05) is 60.6 Å². The number of hydrogen-bond acceptors (Lipinski definition) is 2. The average molecular weight is 483 g/mol. The second kappa shape index (κ2) is 8.62. The van der Waals surface area contributed by atoms with Gasteiger partial charge < -0.3 is 4.74 Å². The maximum Gasteiger partial charge on any atom is 0.302 e. The summed E-state index contributed by atoms with van der Waals surface area (Å²) in [6.07, 6.45) is 19.0. The van der Waals surface area contributed by atoms with Crippen LogP contribution in [0.5, 0.6) is 0 Å². The summed E-state index contributed by atoms with van der Waals surface area (Å²) in [4.78, 5) is 11.7. The van der Waals surface area contributed by atoms with E-state index in [1.807, 2.05) is 0 Å². The number of hydrogen-bond donors (Lipinski definition) is 0. The van der Waals surface area contributed by atoms with Gasteiger partial charge in [0.2, 0.25) is 0 Å². The van der Waals surface area contributed by atoms with Crippen molar-refractivity contribution in [3.63, 3.8) is 0 Å². The molecule has 0 aromatic heterocycles. The Balaban J connectivity index is 1.36. The summed E-state index contributed by atoms with van der Waals surface area (Å²) < 4.78 is 5.81. The first-order valence-electron chi connectivity index (χ1n) is 15.3. The Bertz CT molecular complexity index is 859. The molecule has 5 rings (SSSR count). The molecule has 0 aliphatic heterocycles. The molecule has 2 nitrogen and oxygen atoms in total. The smallest absolute Gasteiger partial charge is 0.302 e. The molecule has 5 fully saturated rings. The Kier molecular flexibility index (Phi) is 6.37. The van der Waals surface area contributed by atoms with Gasteiger partial charge in [-0.25, -0.2) is 0 Å². The Morgan fingerprint density at radius 1 is 0.943 bits per heavy atom. The minimum Gasteiger partial charge on any atom is -0.462 e. The lowest BCUT2D eigenvalue weighted by Crippen LogP contribution is -2.56. The molecule has 0 amide bonds. The van der Waals surface area contributed by atoms with E-state index in [1.54, 1.807) is 6.92 Å². The molecule has 2 heteroatoms. The van der Waals surface area contributed by atoms with Crippen molar-refractivity contribution in [1.82, 2.24) is 0 Å². The summed E-state index contributed by atoms with van der Waals surface area (Å²) in [5.41, 5.74) is 2.12. The average Bonchev–Trinajstić information content (AvgIpc) is 3.38. The lowest BCUT2D eigenvalue weighted by atomic mass is 9.43. The van der Waals surface area contributed by atoms with Crippen molar-refractivity contribution in [3.05, 3.63) is 12.2 Å². The van der Waals surface area contributed by atoms with Crippen LogP contribution >= 0.6 is 0 Å². The van der Waals surface area contributed by atoms with E-state index in [-0.39, 0.29) is 12.1 Å². The molecule has 0 bridgehead atoms. The number of allylic oxidation sites excluding steroid dienone is 2. The number of ether oxygens (including phenoxy) is 1. The molecule has 2 spiro atoms. The van der Waals surface area contributed by atoms with Crippen LogP contribution in [-0.2, 0) is 9.53 Å². The van der Waals surface area contributed by atoms with E-state index in [0.29, 0.717) is 33.5 Å². The van der Waals surface area contributed by atoms with E-state index in [4.69, 9.17) is 4.74 Å². The fourth-order valence-electron chi connectivity index (χ4n) is 11.6. The first-order chi connectivity index (χ1) is 16.5. The minimum absolute atomic E-state index is 0.0863. The van der Waals surface area contributed by atoms with Gasteiger partial charge in [-0.2, -0.15) is 0 Å². The fourth-order valence-corrected chi connectivity index (χ4v) is 11.6. The molecular weight excluding hydrogens is 428 g/mol. The van der Waals surface area contributed by atoms with Crippen LogP contribution in [-0.4, -0.2) is 12.1 Å². The molecule has 5 aliphatic rings. The van der Waals surface area contributed by atoms with Crippen LogP contribution in [0.25, 0.3) is 0 Å². The van der Waals surface area contributed by atoms with Crippen molar-refractivity contribution in [2.45, 2.75) is 126 Å². The van der Waals surface area contributed by atoms with Gasteiger partial charge in [0.25, 0.3) is 0 Å². The molecular formula is C33H54O2. The summed E-state index contributed by atoms with van der Waals surface area (Å²) >= 11 is 0. The van der Waals surface area contributed by atoms with Crippen LogP contribution in [0, 0.1) is 63.1 Å². The molecule has 5 saturated carbocycles. The van der Waals surface area contributed by atoms with Gasteiger partial charge in [0.15, 0.2) is 0 Å². The lowest BCUT2D eigenvalue weighted by Gasteiger charge is -2.62. The molecule has 0 N–H and O–H groups in total.